The molecule has 166 valence electrons. The van der Waals surface area contributed by atoms with Gasteiger partial charge in [0, 0.05) is 10.0 Å². The van der Waals surface area contributed by atoms with Crippen molar-refractivity contribution in [2.24, 2.45) is 0 Å². The molecule has 1 fully saturated rings. The molecular formula is C24H15Br2FN2O4. The number of halogens is 3. The zero-order chi connectivity index (χ0) is 23.5. The van der Waals surface area contributed by atoms with Crippen LogP contribution in [0.4, 0.5) is 14.9 Å². The lowest BCUT2D eigenvalue weighted by Gasteiger charge is -2.26. The minimum atomic E-state index is -0.912. The summed E-state index contributed by atoms with van der Waals surface area (Å²) in [5.41, 5.74) is 1.24. The number of carbonyl (C=O) groups is 3. The molecule has 1 heterocycles. The number of barbiturate groups is 1. The van der Waals surface area contributed by atoms with Crippen molar-refractivity contribution in [3.05, 3.63) is 98.2 Å². The smallest absolute Gasteiger partial charge is 0.335 e. The van der Waals surface area contributed by atoms with Gasteiger partial charge in [-0.1, -0.05) is 46.3 Å². The van der Waals surface area contributed by atoms with Crippen LogP contribution in [-0.2, 0) is 16.2 Å². The van der Waals surface area contributed by atoms with E-state index >= 15 is 0 Å². The number of rotatable bonds is 5. The normalized spacial score (nSPS) is 15.1. The van der Waals surface area contributed by atoms with Crippen LogP contribution < -0.4 is 15.0 Å². The molecule has 9 heteroatoms. The minimum absolute atomic E-state index is 0.133. The molecule has 1 saturated heterocycles. The fraction of sp³-hybridized carbons (Fsp3) is 0.0417. The van der Waals surface area contributed by atoms with Crippen LogP contribution >= 0.6 is 31.9 Å². The van der Waals surface area contributed by atoms with Gasteiger partial charge in [0.15, 0.2) is 0 Å². The fourth-order valence-electron chi connectivity index (χ4n) is 3.21. The van der Waals surface area contributed by atoms with Gasteiger partial charge < -0.3 is 4.74 Å². The highest BCUT2D eigenvalue weighted by Gasteiger charge is 2.37. The van der Waals surface area contributed by atoms with Gasteiger partial charge >= 0.3 is 6.03 Å². The number of imide groups is 2. The van der Waals surface area contributed by atoms with Crippen molar-refractivity contribution >= 4 is 61.5 Å². The topological polar surface area (TPSA) is 75.7 Å². The van der Waals surface area contributed by atoms with Crippen molar-refractivity contribution in [1.29, 1.82) is 0 Å². The van der Waals surface area contributed by atoms with Gasteiger partial charge in [-0.05, 0) is 64.0 Å². The van der Waals surface area contributed by atoms with E-state index in [0.29, 0.717) is 20.3 Å². The van der Waals surface area contributed by atoms with Gasteiger partial charge in [0.05, 0.1) is 10.2 Å². The van der Waals surface area contributed by atoms with Crippen molar-refractivity contribution in [2.45, 2.75) is 6.61 Å². The maximum Gasteiger partial charge on any atom is 0.335 e. The minimum Gasteiger partial charge on any atom is -0.487 e. The number of amides is 4. The standard InChI is InChI=1S/C24H15Br2FN2O4/c25-16-10-15(21(20(26)12-16)33-13-14-4-2-1-3-5-14)11-19-22(30)28-24(32)29(23(19)31)18-8-6-17(27)7-9-18/h1-12H,13H2,(H,28,30,32)/b19-11+. The molecule has 0 aliphatic carbocycles. The number of urea groups is 1. The Morgan fingerprint density at radius 2 is 1.67 bits per heavy atom. The molecule has 1 aliphatic rings. The maximum absolute atomic E-state index is 13.3. The lowest BCUT2D eigenvalue weighted by molar-refractivity contribution is -0.122. The summed E-state index contributed by atoms with van der Waals surface area (Å²) < 4.78 is 20.6. The average molecular weight is 574 g/mol. The SMILES string of the molecule is O=C1NC(=O)N(c2ccc(F)cc2)C(=O)/C1=C/c1cc(Br)cc(Br)c1OCc1ccccc1. The first-order chi connectivity index (χ1) is 15.8. The zero-order valence-electron chi connectivity index (χ0n) is 16.8. The zero-order valence-corrected chi connectivity index (χ0v) is 20.0. The van der Waals surface area contributed by atoms with Crippen LogP contribution in [0.1, 0.15) is 11.1 Å². The van der Waals surface area contributed by atoms with Crippen molar-refractivity contribution in [3.8, 4) is 5.75 Å². The molecule has 33 heavy (non-hydrogen) atoms. The first-order valence-electron chi connectivity index (χ1n) is 9.66. The van der Waals surface area contributed by atoms with E-state index in [0.717, 1.165) is 22.6 Å². The van der Waals surface area contributed by atoms with Gasteiger partial charge in [-0.15, -0.1) is 0 Å². The molecule has 0 aromatic heterocycles. The number of ether oxygens (including phenoxy) is 1. The van der Waals surface area contributed by atoms with Gasteiger partial charge in [-0.3, -0.25) is 14.9 Å². The third kappa shape index (κ3) is 5.04. The summed E-state index contributed by atoms with van der Waals surface area (Å²) in [6, 6.07) is 16.9. The molecule has 0 atom stereocenters. The number of carbonyl (C=O) groups excluding carboxylic acids is 3. The summed E-state index contributed by atoms with van der Waals surface area (Å²) in [4.78, 5) is 38.8. The Labute approximate surface area is 205 Å². The number of benzene rings is 3. The second-order valence-corrected chi connectivity index (χ2v) is 8.78. The summed E-state index contributed by atoms with van der Waals surface area (Å²) in [5.74, 6) is -1.77. The van der Waals surface area contributed by atoms with E-state index in [1.807, 2.05) is 30.3 Å². The summed E-state index contributed by atoms with van der Waals surface area (Å²) >= 11 is 6.86. The first kappa shape index (κ1) is 22.9. The lowest BCUT2D eigenvalue weighted by Crippen LogP contribution is -2.54. The summed E-state index contributed by atoms with van der Waals surface area (Å²) in [6.45, 7) is 0.261. The molecule has 0 radical (unpaired) electrons. The Morgan fingerprint density at radius 1 is 0.970 bits per heavy atom. The van der Waals surface area contributed by atoms with Gasteiger partial charge in [0.1, 0.15) is 23.7 Å². The van der Waals surface area contributed by atoms with E-state index in [1.165, 1.54) is 18.2 Å². The average Bonchev–Trinajstić information content (AvgIpc) is 2.78. The fourth-order valence-corrected chi connectivity index (χ4v) is 4.58. The van der Waals surface area contributed by atoms with E-state index in [-0.39, 0.29) is 17.9 Å². The molecule has 3 aromatic rings. The van der Waals surface area contributed by atoms with Crippen LogP contribution in [0.3, 0.4) is 0 Å². The van der Waals surface area contributed by atoms with Crippen LogP contribution in [-0.4, -0.2) is 17.8 Å². The number of nitrogens with one attached hydrogen (secondary N) is 1. The molecule has 0 bridgehead atoms. The van der Waals surface area contributed by atoms with E-state index in [2.05, 4.69) is 37.2 Å². The van der Waals surface area contributed by atoms with Crippen LogP contribution in [0.5, 0.6) is 5.75 Å². The largest absolute Gasteiger partial charge is 0.487 e. The molecule has 1 N–H and O–H groups in total. The Kier molecular flexibility index (Phi) is 6.71. The first-order valence-corrected chi connectivity index (χ1v) is 11.2. The third-order valence-electron chi connectivity index (χ3n) is 4.75. The van der Waals surface area contributed by atoms with Gasteiger partial charge in [0.2, 0.25) is 0 Å². The van der Waals surface area contributed by atoms with Crippen LogP contribution in [0.2, 0.25) is 0 Å². The molecule has 3 aromatic carbocycles. The number of hydrogen-bond donors (Lipinski definition) is 1. The lowest BCUT2D eigenvalue weighted by atomic mass is 10.1. The molecular weight excluding hydrogens is 559 g/mol. The van der Waals surface area contributed by atoms with Crippen molar-refractivity contribution in [1.82, 2.24) is 5.32 Å². The predicted octanol–water partition coefficient (Wildman–Crippen LogP) is 5.60. The van der Waals surface area contributed by atoms with E-state index < -0.39 is 23.7 Å². The van der Waals surface area contributed by atoms with E-state index in [4.69, 9.17) is 4.74 Å². The molecule has 4 rings (SSSR count). The highest BCUT2D eigenvalue weighted by Crippen LogP contribution is 2.35. The van der Waals surface area contributed by atoms with E-state index in [1.54, 1.807) is 12.1 Å². The Hall–Kier alpha value is -3.30. The Balaban J connectivity index is 1.72. The monoisotopic (exact) mass is 572 g/mol. The summed E-state index contributed by atoms with van der Waals surface area (Å²) in [5, 5.41) is 2.15. The second-order valence-electron chi connectivity index (χ2n) is 7.01. The van der Waals surface area contributed by atoms with Crippen LogP contribution in [0, 0.1) is 5.82 Å². The molecule has 0 saturated carbocycles. The molecule has 0 spiro atoms. The summed E-state index contributed by atoms with van der Waals surface area (Å²) in [7, 11) is 0. The van der Waals surface area contributed by atoms with Gasteiger partial charge in [-0.2, -0.15) is 0 Å². The number of anilines is 1. The maximum atomic E-state index is 13.3. The number of nitrogens with zero attached hydrogens (tertiary/aromatic N) is 1. The van der Waals surface area contributed by atoms with Crippen LogP contribution in [0.15, 0.2) is 81.2 Å². The van der Waals surface area contributed by atoms with Crippen LogP contribution in [0.25, 0.3) is 6.08 Å². The second kappa shape index (κ2) is 9.68. The van der Waals surface area contributed by atoms with Crippen molar-refractivity contribution in [3.63, 3.8) is 0 Å². The predicted molar refractivity (Wildman–Crippen MR) is 128 cm³/mol. The quantitative estimate of drug-likeness (QED) is 0.319. The highest BCUT2D eigenvalue weighted by molar-refractivity contribution is 9.11. The van der Waals surface area contributed by atoms with Gasteiger partial charge in [-0.25, -0.2) is 14.1 Å². The number of hydrogen-bond acceptors (Lipinski definition) is 4. The van der Waals surface area contributed by atoms with Gasteiger partial charge in [0.25, 0.3) is 11.8 Å². The Morgan fingerprint density at radius 3 is 2.36 bits per heavy atom. The molecule has 0 unspecified atom stereocenters. The Bertz CT molecular complexity index is 1280. The molecule has 1 aliphatic heterocycles. The third-order valence-corrected chi connectivity index (χ3v) is 5.80. The molecule has 6 nitrogen and oxygen atoms in total. The summed E-state index contributed by atoms with van der Waals surface area (Å²) in [6.07, 6.45) is 1.36. The highest BCUT2D eigenvalue weighted by atomic mass is 79.9. The van der Waals surface area contributed by atoms with Crippen molar-refractivity contribution < 1.29 is 23.5 Å². The van der Waals surface area contributed by atoms with E-state index in [9.17, 15) is 18.8 Å². The molecule has 4 amide bonds. The van der Waals surface area contributed by atoms with Crippen molar-refractivity contribution in [2.75, 3.05) is 4.90 Å².